The molecule has 1 N–H and O–H groups in total. The van der Waals surface area contributed by atoms with E-state index in [9.17, 15) is 18.0 Å². The van der Waals surface area contributed by atoms with E-state index >= 15 is 0 Å². The van der Waals surface area contributed by atoms with Crippen LogP contribution in [0.4, 0.5) is 23.7 Å². The lowest BCUT2D eigenvalue weighted by atomic mass is 10.1. The SMILES string of the molecule is Cc1cccc(NC(=O)N2CCSC2c2ccc(C(F)(F)F)cc2)c1C. The molecule has 1 fully saturated rings. The number of aryl methyl sites for hydroxylation is 1. The van der Waals surface area contributed by atoms with Crippen LogP contribution in [0.15, 0.2) is 42.5 Å². The lowest BCUT2D eigenvalue weighted by Crippen LogP contribution is -2.34. The van der Waals surface area contributed by atoms with Crippen molar-refractivity contribution in [3.63, 3.8) is 0 Å². The molecule has 1 atom stereocenters. The second kappa shape index (κ2) is 7.23. The van der Waals surface area contributed by atoms with Crippen LogP contribution in [-0.4, -0.2) is 23.2 Å². The van der Waals surface area contributed by atoms with Gasteiger partial charge >= 0.3 is 12.2 Å². The van der Waals surface area contributed by atoms with Crippen molar-refractivity contribution in [2.24, 2.45) is 0 Å². The van der Waals surface area contributed by atoms with Gasteiger partial charge in [0.15, 0.2) is 0 Å². The summed E-state index contributed by atoms with van der Waals surface area (Å²) >= 11 is 1.55. The van der Waals surface area contributed by atoms with Gasteiger partial charge in [-0.2, -0.15) is 13.2 Å². The van der Waals surface area contributed by atoms with E-state index in [4.69, 9.17) is 0 Å². The predicted octanol–water partition coefficient (Wildman–Crippen LogP) is 5.60. The van der Waals surface area contributed by atoms with E-state index < -0.39 is 11.7 Å². The van der Waals surface area contributed by atoms with Gasteiger partial charge < -0.3 is 10.2 Å². The molecule has 1 aliphatic rings. The molecule has 0 saturated carbocycles. The predicted molar refractivity (Wildman–Crippen MR) is 98.3 cm³/mol. The number of urea groups is 1. The first-order valence-corrected chi connectivity index (χ1v) is 9.25. The number of amides is 2. The van der Waals surface area contributed by atoms with E-state index in [1.807, 2.05) is 32.0 Å². The molecule has 1 aliphatic heterocycles. The monoisotopic (exact) mass is 380 g/mol. The average Bonchev–Trinajstić information content (AvgIpc) is 3.08. The molecule has 2 aromatic carbocycles. The first-order valence-electron chi connectivity index (χ1n) is 8.20. The first-order chi connectivity index (χ1) is 12.3. The number of rotatable bonds is 2. The quantitative estimate of drug-likeness (QED) is 0.735. The molecule has 2 amide bonds. The fourth-order valence-corrected chi connectivity index (χ4v) is 4.12. The van der Waals surface area contributed by atoms with Crippen LogP contribution in [0.25, 0.3) is 0 Å². The average molecular weight is 380 g/mol. The smallest absolute Gasteiger partial charge is 0.308 e. The zero-order chi connectivity index (χ0) is 18.9. The Morgan fingerprint density at radius 1 is 1.15 bits per heavy atom. The van der Waals surface area contributed by atoms with Gasteiger partial charge in [-0.3, -0.25) is 0 Å². The largest absolute Gasteiger partial charge is 0.416 e. The molecule has 0 radical (unpaired) electrons. The number of hydrogen-bond donors (Lipinski definition) is 1. The van der Waals surface area contributed by atoms with Crippen molar-refractivity contribution in [2.45, 2.75) is 25.4 Å². The zero-order valence-electron chi connectivity index (χ0n) is 14.4. The van der Waals surface area contributed by atoms with Crippen LogP contribution in [-0.2, 0) is 6.18 Å². The summed E-state index contributed by atoms with van der Waals surface area (Å²) in [7, 11) is 0. The Hall–Kier alpha value is -2.15. The molecule has 1 heterocycles. The third-order valence-electron chi connectivity index (χ3n) is 4.52. The van der Waals surface area contributed by atoms with Gasteiger partial charge in [-0.15, -0.1) is 11.8 Å². The van der Waals surface area contributed by atoms with Crippen LogP contribution in [0.1, 0.15) is 27.6 Å². The van der Waals surface area contributed by atoms with Crippen LogP contribution in [0.2, 0.25) is 0 Å². The fourth-order valence-electron chi connectivity index (χ4n) is 2.86. The molecule has 0 aromatic heterocycles. The molecular formula is C19H19F3N2OS. The molecule has 26 heavy (non-hydrogen) atoms. The Bertz CT molecular complexity index is 805. The zero-order valence-corrected chi connectivity index (χ0v) is 15.2. The molecule has 0 spiro atoms. The standard InChI is InChI=1S/C19H19F3N2OS/c1-12-4-3-5-16(13(12)2)23-18(25)24-10-11-26-17(24)14-6-8-15(9-7-14)19(20,21)22/h3-9,17H,10-11H2,1-2H3,(H,23,25). The number of halogens is 3. The van der Waals surface area contributed by atoms with E-state index in [0.29, 0.717) is 12.1 Å². The Morgan fingerprint density at radius 2 is 1.85 bits per heavy atom. The third kappa shape index (κ3) is 3.82. The topological polar surface area (TPSA) is 32.3 Å². The van der Waals surface area contributed by atoms with Gasteiger partial charge in [-0.05, 0) is 48.7 Å². The minimum atomic E-state index is -4.36. The van der Waals surface area contributed by atoms with Crippen molar-refractivity contribution in [1.82, 2.24) is 4.90 Å². The van der Waals surface area contributed by atoms with E-state index in [1.165, 1.54) is 12.1 Å². The summed E-state index contributed by atoms with van der Waals surface area (Å²) < 4.78 is 38.2. The van der Waals surface area contributed by atoms with E-state index in [-0.39, 0.29) is 11.4 Å². The summed E-state index contributed by atoms with van der Waals surface area (Å²) in [4.78, 5) is 14.4. The van der Waals surface area contributed by atoms with Crippen molar-refractivity contribution in [1.29, 1.82) is 0 Å². The Labute approximate surface area is 154 Å². The highest BCUT2D eigenvalue weighted by Crippen LogP contribution is 2.39. The molecule has 1 saturated heterocycles. The molecule has 0 aliphatic carbocycles. The Morgan fingerprint density at radius 3 is 2.50 bits per heavy atom. The van der Waals surface area contributed by atoms with Crippen LogP contribution in [0.3, 0.4) is 0 Å². The molecular weight excluding hydrogens is 361 g/mol. The van der Waals surface area contributed by atoms with Crippen molar-refractivity contribution in [3.8, 4) is 0 Å². The van der Waals surface area contributed by atoms with Gasteiger partial charge in [0.1, 0.15) is 5.37 Å². The highest BCUT2D eigenvalue weighted by Gasteiger charge is 2.33. The number of nitrogens with zero attached hydrogens (tertiary/aromatic N) is 1. The number of anilines is 1. The summed E-state index contributed by atoms with van der Waals surface area (Å²) in [5, 5.41) is 2.63. The first kappa shape index (κ1) is 18.6. The summed E-state index contributed by atoms with van der Waals surface area (Å²) in [6, 6.07) is 10.5. The van der Waals surface area contributed by atoms with Crippen LogP contribution < -0.4 is 5.32 Å². The van der Waals surface area contributed by atoms with Gasteiger partial charge in [0.05, 0.1) is 5.56 Å². The molecule has 0 bridgehead atoms. The van der Waals surface area contributed by atoms with Crippen molar-refractivity contribution >= 4 is 23.5 Å². The molecule has 138 valence electrons. The molecule has 3 rings (SSSR count). The maximum atomic E-state index is 12.7. The number of benzene rings is 2. The van der Waals surface area contributed by atoms with Crippen LogP contribution in [0.5, 0.6) is 0 Å². The van der Waals surface area contributed by atoms with E-state index in [1.54, 1.807) is 16.7 Å². The van der Waals surface area contributed by atoms with Gasteiger partial charge in [0.25, 0.3) is 0 Å². The second-order valence-electron chi connectivity index (χ2n) is 6.21. The van der Waals surface area contributed by atoms with E-state index in [0.717, 1.165) is 34.7 Å². The van der Waals surface area contributed by atoms with Crippen LogP contribution >= 0.6 is 11.8 Å². The fraction of sp³-hybridized carbons (Fsp3) is 0.316. The highest BCUT2D eigenvalue weighted by atomic mass is 32.2. The maximum absolute atomic E-state index is 12.7. The molecule has 1 unspecified atom stereocenters. The number of hydrogen-bond acceptors (Lipinski definition) is 2. The lowest BCUT2D eigenvalue weighted by Gasteiger charge is -2.25. The summed E-state index contributed by atoms with van der Waals surface area (Å²) in [6.45, 7) is 4.46. The van der Waals surface area contributed by atoms with Gasteiger partial charge in [-0.25, -0.2) is 4.79 Å². The second-order valence-corrected chi connectivity index (χ2v) is 7.40. The van der Waals surface area contributed by atoms with Gasteiger partial charge in [0, 0.05) is 18.0 Å². The summed E-state index contributed by atoms with van der Waals surface area (Å²) in [5.74, 6) is 0.742. The highest BCUT2D eigenvalue weighted by molar-refractivity contribution is 7.99. The number of carbonyl (C=O) groups is 1. The normalized spacial score (nSPS) is 17.4. The minimum absolute atomic E-state index is 0.242. The lowest BCUT2D eigenvalue weighted by molar-refractivity contribution is -0.137. The molecule has 7 heteroatoms. The Kier molecular flexibility index (Phi) is 5.18. The van der Waals surface area contributed by atoms with Crippen molar-refractivity contribution in [2.75, 3.05) is 17.6 Å². The molecule has 2 aromatic rings. The van der Waals surface area contributed by atoms with Crippen LogP contribution in [0, 0.1) is 13.8 Å². The van der Waals surface area contributed by atoms with Gasteiger partial charge in [0.2, 0.25) is 0 Å². The van der Waals surface area contributed by atoms with Crippen molar-refractivity contribution in [3.05, 3.63) is 64.7 Å². The Balaban J connectivity index is 1.77. The number of thioether (sulfide) groups is 1. The summed E-state index contributed by atoms with van der Waals surface area (Å²) in [6.07, 6.45) is -4.36. The minimum Gasteiger partial charge on any atom is -0.308 e. The summed E-state index contributed by atoms with van der Waals surface area (Å²) in [5.41, 5.74) is 2.84. The number of carbonyl (C=O) groups excluding carboxylic acids is 1. The van der Waals surface area contributed by atoms with Gasteiger partial charge in [-0.1, -0.05) is 24.3 Å². The van der Waals surface area contributed by atoms with Crippen molar-refractivity contribution < 1.29 is 18.0 Å². The number of nitrogens with one attached hydrogen (secondary N) is 1. The maximum Gasteiger partial charge on any atom is 0.416 e. The van der Waals surface area contributed by atoms with E-state index in [2.05, 4.69) is 5.32 Å². The third-order valence-corrected chi connectivity index (χ3v) is 5.78. The number of alkyl halides is 3. The molecule has 3 nitrogen and oxygen atoms in total.